The quantitative estimate of drug-likeness (QED) is 0.841. The highest BCUT2D eigenvalue weighted by Gasteiger charge is 2.13. The highest BCUT2D eigenvalue weighted by atomic mass is 35.5. The summed E-state index contributed by atoms with van der Waals surface area (Å²) in [6.07, 6.45) is 0. The number of benzene rings is 1. The number of halogens is 4. The van der Waals surface area contributed by atoms with Crippen LogP contribution in [0, 0.1) is 17.5 Å². The van der Waals surface area contributed by atoms with E-state index in [0.717, 1.165) is 12.1 Å². The van der Waals surface area contributed by atoms with E-state index >= 15 is 0 Å². The van der Waals surface area contributed by atoms with E-state index in [4.69, 9.17) is 11.6 Å². The Morgan fingerprint density at radius 3 is 2.35 bits per heavy atom. The van der Waals surface area contributed by atoms with Crippen molar-refractivity contribution in [3.05, 3.63) is 46.9 Å². The van der Waals surface area contributed by atoms with Gasteiger partial charge in [-0.3, -0.25) is 0 Å². The molecule has 0 aliphatic rings. The zero-order valence-corrected chi connectivity index (χ0v) is 8.97. The van der Waals surface area contributed by atoms with Gasteiger partial charge in [-0.2, -0.15) is 0 Å². The molecule has 2 rings (SSSR count). The molecule has 0 unspecified atom stereocenters. The number of aromatic nitrogens is 2. The van der Waals surface area contributed by atoms with E-state index in [9.17, 15) is 13.2 Å². The van der Waals surface area contributed by atoms with Crippen LogP contribution in [-0.2, 0) is 0 Å². The second-order valence-electron chi connectivity index (χ2n) is 3.09. The predicted molar refractivity (Wildman–Crippen MR) is 56.6 cm³/mol. The van der Waals surface area contributed by atoms with Crippen LogP contribution >= 0.6 is 11.6 Å². The summed E-state index contributed by atoms with van der Waals surface area (Å²) in [4.78, 5) is 0. The summed E-state index contributed by atoms with van der Waals surface area (Å²) in [5, 5.41) is 9.72. The molecule has 2 aromatic rings. The van der Waals surface area contributed by atoms with Gasteiger partial charge in [-0.25, -0.2) is 13.2 Å². The number of rotatable bonds is 2. The summed E-state index contributed by atoms with van der Waals surface area (Å²) >= 11 is 5.51. The summed E-state index contributed by atoms with van der Waals surface area (Å²) in [6.45, 7) is 0. The van der Waals surface area contributed by atoms with Crippen LogP contribution in [0.2, 0.25) is 5.15 Å². The van der Waals surface area contributed by atoms with E-state index in [1.165, 1.54) is 12.1 Å². The fourth-order valence-corrected chi connectivity index (χ4v) is 1.24. The normalized spacial score (nSPS) is 10.4. The van der Waals surface area contributed by atoms with Crippen LogP contribution in [0.4, 0.5) is 24.7 Å². The monoisotopic (exact) mass is 259 g/mol. The minimum atomic E-state index is -1.54. The number of hydrogen-bond donors (Lipinski definition) is 1. The second-order valence-corrected chi connectivity index (χ2v) is 3.48. The van der Waals surface area contributed by atoms with Crippen LogP contribution in [0.5, 0.6) is 0 Å². The van der Waals surface area contributed by atoms with Crippen molar-refractivity contribution < 1.29 is 13.2 Å². The van der Waals surface area contributed by atoms with Gasteiger partial charge in [-0.1, -0.05) is 11.6 Å². The summed E-state index contributed by atoms with van der Waals surface area (Å²) < 4.78 is 38.8. The van der Waals surface area contributed by atoms with Crippen molar-refractivity contribution in [2.75, 3.05) is 5.32 Å². The molecule has 1 heterocycles. The maximum absolute atomic E-state index is 13.3. The second kappa shape index (κ2) is 4.58. The van der Waals surface area contributed by atoms with E-state index in [1.54, 1.807) is 0 Å². The maximum atomic E-state index is 13.3. The smallest absolute Gasteiger partial charge is 0.196 e. The lowest BCUT2D eigenvalue weighted by atomic mass is 10.3. The third-order valence-electron chi connectivity index (χ3n) is 1.93. The predicted octanol–water partition coefficient (Wildman–Crippen LogP) is 3.29. The van der Waals surface area contributed by atoms with Gasteiger partial charge in [0.05, 0.1) is 5.69 Å². The maximum Gasteiger partial charge on any atom is 0.196 e. The molecule has 0 bridgehead atoms. The van der Waals surface area contributed by atoms with Gasteiger partial charge >= 0.3 is 0 Å². The van der Waals surface area contributed by atoms with Crippen molar-refractivity contribution in [1.29, 1.82) is 0 Å². The zero-order chi connectivity index (χ0) is 12.4. The Kier molecular flexibility index (Phi) is 3.14. The van der Waals surface area contributed by atoms with E-state index < -0.39 is 17.5 Å². The molecule has 0 fully saturated rings. The van der Waals surface area contributed by atoms with Crippen LogP contribution in [0.3, 0.4) is 0 Å². The van der Waals surface area contributed by atoms with Gasteiger partial charge in [0.15, 0.2) is 28.4 Å². The lowest BCUT2D eigenvalue weighted by Crippen LogP contribution is -2.00. The van der Waals surface area contributed by atoms with Gasteiger partial charge in [0.25, 0.3) is 0 Å². The number of hydrogen-bond acceptors (Lipinski definition) is 3. The Bertz CT molecular complexity index is 545. The van der Waals surface area contributed by atoms with Gasteiger partial charge in [0.2, 0.25) is 0 Å². The molecule has 88 valence electrons. The molecular weight excluding hydrogens is 255 g/mol. The van der Waals surface area contributed by atoms with Gasteiger partial charge in [-0.15, -0.1) is 10.2 Å². The average molecular weight is 260 g/mol. The first kappa shape index (κ1) is 11.7. The molecule has 0 aliphatic heterocycles. The molecule has 0 saturated heterocycles. The summed E-state index contributed by atoms with van der Waals surface area (Å²) in [6, 6.07) is 4.72. The third-order valence-corrected chi connectivity index (χ3v) is 2.13. The first-order chi connectivity index (χ1) is 8.08. The molecular formula is C10H5ClF3N3. The average Bonchev–Trinajstić information content (AvgIpc) is 2.33. The molecule has 1 aromatic heterocycles. The Hall–Kier alpha value is -1.82. The van der Waals surface area contributed by atoms with Crippen molar-refractivity contribution in [2.24, 2.45) is 0 Å². The summed E-state index contributed by atoms with van der Waals surface area (Å²) in [5.74, 6) is -3.95. The summed E-state index contributed by atoms with van der Waals surface area (Å²) in [7, 11) is 0. The lowest BCUT2D eigenvalue weighted by molar-refractivity contribution is 0.449. The zero-order valence-electron chi connectivity index (χ0n) is 8.22. The van der Waals surface area contributed by atoms with Gasteiger partial charge in [-0.05, 0) is 24.3 Å². The van der Waals surface area contributed by atoms with E-state index in [0.29, 0.717) is 0 Å². The molecule has 0 saturated carbocycles. The van der Waals surface area contributed by atoms with Crippen LogP contribution in [0.25, 0.3) is 0 Å². The number of anilines is 2. The minimum Gasteiger partial charge on any atom is -0.336 e. The highest BCUT2D eigenvalue weighted by Crippen LogP contribution is 2.22. The first-order valence-corrected chi connectivity index (χ1v) is 4.85. The Morgan fingerprint density at radius 1 is 0.941 bits per heavy atom. The van der Waals surface area contributed by atoms with E-state index in [-0.39, 0.29) is 16.7 Å². The Morgan fingerprint density at radius 2 is 1.71 bits per heavy atom. The molecule has 0 spiro atoms. The molecule has 17 heavy (non-hydrogen) atoms. The van der Waals surface area contributed by atoms with Crippen molar-refractivity contribution >= 4 is 23.1 Å². The molecule has 0 atom stereocenters. The fraction of sp³-hybridized carbons (Fsp3) is 0. The van der Waals surface area contributed by atoms with Gasteiger partial charge < -0.3 is 5.32 Å². The Balaban J connectivity index is 2.30. The molecule has 3 nitrogen and oxygen atoms in total. The topological polar surface area (TPSA) is 37.8 Å². The molecule has 0 radical (unpaired) electrons. The summed E-state index contributed by atoms with van der Waals surface area (Å²) in [5.41, 5.74) is -0.236. The van der Waals surface area contributed by atoms with Crippen molar-refractivity contribution in [3.63, 3.8) is 0 Å². The van der Waals surface area contributed by atoms with Gasteiger partial charge in [0, 0.05) is 0 Å². The lowest BCUT2D eigenvalue weighted by Gasteiger charge is -2.06. The van der Waals surface area contributed by atoms with Crippen LogP contribution in [-0.4, -0.2) is 10.2 Å². The molecule has 1 N–H and O–H groups in total. The van der Waals surface area contributed by atoms with Crippen molar-refractivity contribution in [1.82, 2.24) is 10.2 Å². The SMILES string of the molecule is Fc1ccc(Nc2ccc(Cl)nn2)c(F)c1F. The van der Waals surface area contributed by atoms with Crippen LogP contribution in [0.15, 0.2) is 24.3 Å². The largest absolute Gasteiger partial charge is 0.336 e. The van der Waals surface area contributed by atoms with E-state index in [1.807, 2.05) is 0 Å². The first-order valence-electron chi connectivity index (χ1n) is 4.47. The number of nitrogens with one attached hydrogen (secondary N) is 1. The number of nitrogens with zero attached hydrogens (tertiary/aromatic N) is 2. The highest BCUT2D eigenvalue weighted by molar-refractivity contribution is 6.29. The van der Waals surface area contributed by atoms with Crippen molar-refractivity contribution in [2.45, 2.75) is 0 Å². The molecule has 7 heteroatoms. The molecule has 1 aromatic carbocycles. The van der Waals surface area contributed by atoms with Gasteiger partial charge in [0.1, 0.15) is 0 Å². The van der Waals surface area contributed by atoms with Crippen molar-refractivity contribution in [3.8, 4) is 0 Å². The van der Waals surface area contributed by atoms with E-state index in [2.05, 4.69) is 15.5 Å². The third kappa shape index (κ3) is 2.47. The van der Waals surface area contributed by atoms with Crippen LogP contribution in [0.1, 0.15) is 0 Å². The van der Waals surface area contributed by atoms with Crippen LogP contribution < -0.4 is 5.32 Å². The standard InChI is InChI=1S/C10H5ClF3N3/c11-7-3-4-8(17-16-7)15-6-2-1-5(12)9(13)10(6)14/h1-4H,(H,15,17). The molecule has 0 aliphatic carbocycles. The Labute approximate surface area is 99.2 Å². The molecule has 0 amide bonds. The minimum absolute atomic E-state index is 0.166. The fourth-order valence-electron chi connectivity index (χ4n) is 1.14.